The molecular weight excluding hydrogens is 268 g/mol. The molecule has 0 atom stereocenters. The van der Waals surface area contributed by atoms with Gasteiger partial charge >= 0.3 is 0 Å². The molecule has 1 aliphatic carbocycles. The summed E-state index contributed by atoms with van der Waals surface area (Å²) in [7, 11) is 0. The Hall–Kier alpha value is -1.28. The number of hydrogen-bond donors (Lipinski definition) is 1. The van der Waals surface area contributed by atoms with Crippen molar-refractivity contribution in [2.45, 2.75) is 38.5 Å². The lowest BCUT2D eigenvalue weighted by Crippen LogP contribution is -2.14. The lowest BCUT2D eigenvalue weighted by atomic mass is 10.0. The Morgan fingerprint density at radius 3 is 2.75 bits per heavy atom. The van der Waals surface area contributed by atoms with Crippen molar-refractivity contribution in [3.05, 3.63) is 35.5 Å². The zero-order valence-corrected chi connectivity index (χ0v) is 12.5. The average molecular weight is 289 g/mol. The van der Waals surface area contributed by atoms with Gasteiger partial charge in [0.15, 0.2) is 0 Å². The summed E-state index contributed by atoms with van der Waals surface area (Å²) in [6, 6.07) is 7.98. The first-order valence-corrected chi connectivity index (χ1v) is 7.99. The Morgan fingerprint density at radius 2 is 1.95 bits per heavy atom. The lowest BCUT2D eigenvalue weighted by molar-refractivity contribution is 0.483. The van der Waals surface area contributed by atoms with E-state index in [-0.39, 0.29) is 0 Å². The Labute approximate surface area is 125 Å². The Bertz CT molecular complexity index is 574. The van der Waals surface area contributed by atoms with Crippen molar-refractivity contribution in [3.8, 4) is 0 Å². The van der Waals surface area contributed by atoms with Crippen LogP contribution in [0.2, 0.25) is 5.02 Å². The van der Waals surface area contributed by atoms with Gasteiger partial charge in [-0.3, -0.25) is 4.98 Å². The highest BCUT2D eigenvalue weighted by Crippen LogP contribution is 2.28. The van der Waals surface area contributed by atoms with Crippen LogP contribution in [-0.4, -0.2) is 11.5 Å². The van der Waals surface area contributed by atoms with Crippen molar-refractivity contribution in [1.29, 1.82) is 0 Å². The van der Waals surface area contributed by atoms with Crippen LogP contribution in [0.1, 0.15) is 38.5 Å². The maximum atomic E-state index is 6.20. The van der Waals surface area contributed by atoms with Crippen molar-refractivity contribution >= 4 is 28.2 Å². The summed E-state index contributed by atoms with van der Waals surface area (Å²) >= 11 is 6.20. The molecule has 0 aliphatic heterocycles. The molecule has 0 radical (unpaired) electrons. The molecule has 3 rings (SSSR count). The Morgan fingerprint density at radius 1 is 1.15 bits per heavy atom. The molecule has 1 aliphatic rings. The number of nitrogens with one attached hydrogen (secondary N) is 1. The molecule has 0 unspecified atom stereocenters. The Balaban J connectivity index is 1.76. The molecule has 0 bridgehead atoms. The molecular formula is C17H21ClN2. The third-order valence-corrected chi connectivity index (χ3v) is 4.44. The number of nitrogens with zero attached hydrogens (tertiary/aromatic N) is 1. The van der Waals surface area contributed by atoms with Gasteiger partial charge in [-0.1, -0.05) is 43.4 Å². The maximum absolute atomic E-state index is 6.20. The van der Waals surface area contributed by atoms with Gasteiger partial charge < -0.3 is 5.32 Å². The molecule has 0 saturated heterocycles. The molecule has 1 aromatic carbocycles. The maximum Gasteiger partial charge on any atom is 0.0934 e. The second kappa shape index (κ2) is 6.45. The third-order valence-electron chi connectivity index (χ3n) is 4.23. The minimum Gasteiger partial charge on any atom is -0.383 e. The predicted molar refractivity (Wildman–Crippen MR) is 86.4 cm³/mol. The fourth-order valence-corrected chi connectivity index (χ4v) is 3.34. The van der Waals surface area contributed by atoms with Gasteiger partial charge in [0.2, 0.25) is 0 Å². The molecule has 20 heavy (non-hydrogen) atoms. The fourth-order valence-electron chi connectivity index (χ4n) is 3.11. The Kier molecular flexibility index (Phi) is 4.41. The normalized spacial score (nSPS) is 17.1. The molecule has 1 heterocycles. The van der Waals surface area contributed by atoms with Crippen LogP contribution in [0.15, 0.2) is 30.5 Å². The first kappa shape index (κ1) is 13.7. The molecule has 106 valence electrons. The zero-order chi connectivity index (χ0) is 13.8. The highest BCUT2D eigenvalue weighted by molar-refractivity contribution is 6.31. The number of anilines is 1. The van der Waals surface area contributed by atoms with Crippen molar-refractivity contribution in [1.82, 2.24) is 4.98 Å². The predicted octanol–water partition coefficient (Wildman–Crippen LogP) is 5.27. The van der Waals surface area contributed by atoms with Crippen LogP contribution in [0, 0.1) is 5.92 Å². The summed E-state index contributed by atoms with van der Waals surface area (Å²) in [6.45, 7) is 1.03. The van der Waals surface area contributed by atoms with E-state index in [2.05, 4.69) is 16.4 Å². The van der Waals surface area contributed by atoms with Gasteiger partial charge in [0.1, 0.15) is 0 Å². The van der Waals surface area contributed by atoms with Gasteiger partial charge in [0, 0.05) is 23.2 Å². The molecule has 1 aromatic heterocycles. The van der Waals surface area contributed by atoms with Crippen LogP contribution in [0.4, 0.5) is 5.69 Å². The first-order chi connectivity index (χ1) is 9.83. The summed E-state index contributed by atoms with van der Waals surface area (Å²) in [5.41, 5.74) is 2.09. The highest BCUT2D eigenvalue weighted by atomic mass is 35.5. The minimum absolute atomic E-state index is 0.772. The van der Waals surface area contributed by atoms with E-state index in [4.69, 9.17) is 11.6 Å². The van der Waals surface area contributed by atoms with Crippen LogP contribution < -0.4 is 5.32 Å². The first-order valence-electron chi connectivity index (χ1n) is 7.61. The van der Waals surface area contributed by atoms with Gasteiger partial charge in [0.25, 0.3) is 0 Å². The van der Waals surface area contributed by atoms with E-state index < -0.39 is 0 Å². The van der Waals surface area contributed by atoms with Gasteiger partial charge in [0.05, 0.1) is 11.2 Å². The standard InChI is InChI=1S/C17H21ClN2/c18-15-10-14-8-5-9-19-17(14)16(11-15)20-12-13-6-3-1-2-4-7-13/h5,8-11,13,20H,1-4,6-7,12H2. The third kappa shape index (κ3) is 3.24. The van der Waals surface area contributed by atoms with Crippen LogP contribution in [0.25, 0.3) is 10.9 Å². The molecule has 1 fully saturated rings. The number of rotatable bonds is 3. The van der Waals surface area contributed by atoms with Gasteiger partial charge in [-0.05, 0) is 37.0 Å². The number of pyridine rings is 1. The summed E-state index contributed by atoms with van der Waals surface area (Å²) < 4.78 is 0. The van der Waals surface area contributed by atoms with Crippen molar-refractivity contribution in [2.24, 2.45) is 5.92 Å². The molecule has 1 saturated carbocycles. The fraction of sp³-hybridized carbons (Fsp3) is 0.471. The van der Waals surface area contributed by atoms with E-state index >= 15 is 0 Å². The summed E-state index contributed by atoms with van der Waals surface area (Å²) in [4.78, 5) is 4.48. The quantitative estimate of drug-likeness (QED) is 0.778. The number of aromatic nitrogens is 1. The zero-order valence-electron chi connectivity index (χ0n) is 11.7. The molecule has 3 heteroatoms. The van der Waals surface area contributed by atoms with Crippen LogP contribution in [0.5, 0.6) is 0 Å². The van der Waals surface area contributed by atoms with Crippen molar-refractivity contribution in [2.75, 3.05) is 11.9 Å². The summed E-state index contributed by atoms with van der Waals surface area (Å²) in [5, 5.41) is 5.45. The van der Waals surface area contributed by atoms with E-state index in [9.17, 15) is 0 Å². The van der Waals surface area contributed by atoms with E-state index in [1.54, 1.807) is 0 Å². The van der Waals surface area contributed by atoms with Crippen LogP contribution >= 0.6 is 11.6 Å². The smallest absolute Gasteiger partial charge is 0.0934 e. The van der Waals surface area contributed by atoms with E-state index in [1.807, 2.05) is 24.4 Å². The summed E-state index contributed by atoms with van der Waals surface area (Å²) in [6.07, 6.45) is 10.1. The van der Waals surface area contributed by atoms with Gasteiger partial charge in [-0.25, -0.2) is 0 Å². The monoisotopic (exact) mass is 288 g/mol. The second-order valence-electron chi connectivity index (χ2n) is 5.77. The topological polar surface area (TPSA) is 24.9 Å². The molecule has 2 aromatic rings. The lowest BCUT2D eigenvalue weighted by Gasteiger charge is -2.16. The SMILES string of the molecule is Clc1cc(NCC2CCCCCC2)c2ncccc2c1. The molecule has 1 N–H and O–H groups in total. The van der Waals surface area contributed by atoms with E-state index in [0.717, 1.165) is 34.1 Å². The van der Waals surface area contributed by atoms with E-state index in [0.29, 0.717) is 0 Å². The summed E-state index contributed by atoms with van der Waals surface area (Å²) in [5.74, 6) is 0.787. The molecule has 2 nitrogen and oxygen atoms in total. The molecule has 0 spiro atoms. The minimum atomic E-state index is 0.772. The molecule has 0 amide bonds. The van der Waals surface area contributed by atoms with E-state index in [1.165, 1.54) is 38.5 Å². The van der Waals surface area contributed by atoms with Gasteiger partial charge in [-0.2, -0.15) is 0 Å². The second-order valence-corrected chi connectivity index (χ2v) is 6.20. The van der Waals surface area contributed by atoms with Crippen molar-refractivity contribution < 1.29 is 0 Å². The highest BCUT2D eigenvalue weighted by Gasteiger charge is 2.13. The van der Waals surface area contributed by atoms with Crippen LogP contribution in [0.3, 0.4) is 0 Å². The van der Waals surface area contributed by atoms with Gasteiger partial charge in [-0.15, -0.1) is 0 Å². The number of hydrogen-bond acceptors (Lipinski definition) is 2. The average Bonchev–Trinajstić information content (AvgIpc) is 2.73. The number of halogens is 1. The van der Waals surface area contributed by atoms with Crippen LogP contribution in [-0.2, 0) is 0 Å². The number of fused-ring (bicyclic) bond motifs is 1. The number of benzene rings is 1. The largest absolute Gasteiger partial charge is 0.383 e. The van der Waals surface area contributed by atoms with Crippen molar-refractivity contribution in [3.63, 3.8) is 0 Å².